The SMILES string of the molecule is CC#CCC(O)c1ccccc1C. The van der Waals surface area contributed by atoms with Crippen LogP contribution >= 0.6 is 0 Å². The molecule has 0 spiro atoms. The normalized spacial score (nSPS) is 11.6. The minimum atomic E-state index is -0.450. The Morgan fingerprint density at radius 3 is 2.69 bits per heavy atom. The highest BCUT2D eigenvalue weighted by atomic mass is 16.3. The lowest BCUT2D eigenvalue weighted by Gasteiger charge is -2.09. The number of aliphatic hydroxyl groups is 1. The summed E-state index contributed by atoms with van der Waals surface area (Å²) in [4.78, 5) is 0. The Bertz CT molecular complexity index is 330. The maximum atomic E-state index is 9.73. The van der Waals surface area contributed by atoms with Crippen molar-refractivity contribution in [2.75, 3.05) is 0 Å². The molecule has 1 nitrogen and oxygen atoms in total. The van der Waals surface area contributed by atoms with Crippen LogP contribution in [-0.2, 0) is 0 Å². The monoisotopic (exact) mass is 174 g/mol. The van der Waals surface area contributed by atoms with E-state index in [1.165, 1.54) is 0 Å². The minimum Gasteiger partial charge on any atom is -0.387 e. The summed E-state index contributed by atoms with van der Waals surface area (Å²) in [5, 5.41) is 9.73. The number of hydrogen-bond donors (Lipinski definition) is 1. The van der Waals surface area contributed by atoms with Crippen molar-refractivity contribution in [2.45, 2.75) is 26.4 Å². The molecule has 1 unspecified atom stereocenters. The largest absolute Gasteiger partial charge is 0.387 e. The summed E-state index contributed by atoms with van der Waals surface area (Å²) in [5.41, 5.74) is 2.10. The van der Waals surface area contributed by atoms with Gasteiger partial charge in [0.2, 0.25) is 0 Å². The van der Waals surface area contributed by atoms with Crippen LogP contribution in [0.15, 0.2) is 24.3 Å². The van der Waals surface area contributed by atoms with Gasteiger partial charge in [-0.25, -0.2) is 0 Å². The van der Waals surface area contributed by atoms with E-state index in [9.17, 15) is 5.11 Å². The first kappa shape index (κ1) is 9.83. The zero-order valence-corrected chi connectivity index (χ0v) is 8.04. The Hall–Kier alpha value is -1.26. The van der Waals surface area contributed by atoms with E-state index in [1.54, 1.807) is 6.92 Å². The molecule has 0 amide bonds. The van der Waals surface area contributed by atoms with Crippen LogP contribution in [0, 0.1) is 18.8 Å². The second-order valence-electron chi connectivity index (χ2n) is 3.00. The number of aliphatic hydroxyl groups excluding tert-OH is 1. The van der Waals surface area contributed by atoms with Gasteiger partial charge in [0, 0.05) is 6.42 Å². The van der Waals surface area contributed by atoms with Crippen LogP contribution < -0.4 is 0 Å². The van der Waals surface area contributed by atoms with E-state index >= 15 is 0 Å². The Labute approximate surface area is 79.4 Å². The van der Waals surface area contributed by atoms with Crippen molar-refractivity contribution >= 4 is 0 Å². The Morgan fingerprint density at radius 1 is 1.38 bits per heavy atom. The first-order valence-corrected chi connectivity index (χ1v) is 4.39. The van der Waals surface area contributed by atoms with Crippen molar-refractivity contribution in [3.05, 3.63) is 35.4 Å². The van der Waals surface area contributed by atoms with Crippen molar-refractivity contribution in [2.24, 2.45) is 0 Å². The van der Waals surface area contributed by atoms with Crippen LogP contribution in [-0.4, -0.2) is 5.11 Å². The van der Waals surface area contributed by atoms with Gasteiger partial charge in [-0.3, -0.25) is 0 Å². The van der Waals surface area contributed by atoms with Crippen LogP contribution in [0.5, 0.6) is 0 Å². The fourth-order valence-electron chi connectivity index (χ4n) is 1.27. The second-order valence-corrected chi connectivity index (χ2v) is 3.00. The molecule has 0 aliphatic heterocycles. The van der Waals surface area contributed by atoms with E-state index in [2.05, 4.69) is 11.8 Å². The number of rotatable bonds is 2. The molecule has 0 saturated carbocycles. The van der Waals surface area contributed by atoms with E-state index in [-0.39, 0.29) is 0 Å². The average Bonchev–Trinajstić information content (AvgIpc) is 2.15. The number of hydrogen-bond acceptors (Lipinski definition) is 1. The first-order valence-electron chi connectivity index (χ1n) is 4.39. The van der Waals surface area contributed by atoms with Crippen LogP contribution in [0.2, 0.25) is 0 Å². The summed E-state index contributed by atoms with van der Waals surface area (Å²) in [6.07, 6.45) is 0.0649. The van der Waals surface area contributed by atoms with E-state index in [1.807, 2.05) is 31.2 Å². The van der Waals surface area contributed by atoms with Gasteiger partial charge in [0.05, 0.1) is 6.10 Å². The summed E-state index contributed by atoms with van der Waals surface area (Å²) in [6, 6.07) is 7.84. The quantitative estimate of drug-likeness (QED) is 0.683. The van der Waals surface area contributed by atoms with Crippen LogP contribution in [0.1, 0.15) is 30.6 Å². The summed E-state index contributed by atoms with van der Waals surface area (Å²) >= 11 is 0. The lowest BCUT2D eigenvalue weighted by Crippen LogP contribution is -1.98. The van der Waals surface area contributed by atoms with Crippen LogP contribution in [0.4, 0.5) is 0 Å². The lowest BCUT2D eigenvalue weighted by molar-refractivity contribution is 0.183. The number of benzene rings is 1. The smallest absolute Gasteiger partial charge is 0.0901 e. The highest BCUT2D eigenvalue weighted by molar-refractivity contribution is 5.28. The Kier molecular flexibility index (Phi) is 3.54. The van der Waals surface area contributed by atoms with E-state index in [0.717, 1.165) is 11.1 Å². The molecule has 1 rings (SSSR count). The minimum absolute atomic E-state index is 0.450. The van der Waals surface area contributed by atoms with Gasteiger partial charge in [0.1, 0.15) is 0 Å². The van der Waals surface area contributed by atoms with E-state index in [0.29, 0.717) is 6.42 Å². The van der Waals surface area contributed by atoms with Crippen molar-refractivity contribution < 1.29 is 5.11 Å². The van der Waals surface area contributed by atoms with Gasteiger partial charge in [0.25, 0.3) is 0 Å². The molecular formula is C12H14O. The van der Waals surface area contributed by atoms with Crippen LogP contribution in [0.3, 0.4) is 0 Å². The lowest BCUT2D eigenvalue weighted by atomic mass is 10.0. The van der Waals surface area contributed by atoms with Crippen molar-refractivity contribution in [1.82, 2.24) is 0 Å². The molecule has 1 aromatic rings. The zero-order valence-electron chi connectivity index (χ0n) is 8.04. The molecule has 0 saturated heterocycles. The van der Waals surface area contributed by atoms with Crippen molar-refractivity contribution in [3.63, 3.8) is 0 Å². The molecular weight excluding hydrogens is 160 g/mol. The van der Waals surface area contributed by atoms with Gasteiger partial charge in [-0.15, -0.1) is 11.8 Å². The van der Waals surface area contributed by atoms with Crippen molar-refractivity contribution in [1.29, 1.82) is 0 Å². The first-order chi connectivity index (χ1) is 6.25. The van der Waals surface area contributed by atoms with Gasteiger partial charge in [-0.1, -0.05) is 24.3 Å². The standard InChI is InChI=1S/C12H14O/c1-3-4-9-12(13)11-8-6-5-7-10(11)2/h5-8,12-13H,9H2,1-2H3. The third-order valence-electron chi connectivity index (χ3n) is 2.02. The molecule has 0 bridgehead atoms. The molecule has 1 heteroatoms. The van der Waals surface area contributed by atoms with Gasteiger partial charge in [-0.05, 0) is 25.0 Å². The molecule has 0 aliphatic rings. The molecule has 0 aromatic heterocycles. The molecule has 0 fully saturated rings. The summed E-state index contributed by atoms with van der Waals surface area (Å²) in [7, 11) is 0. The molecule has 68 valence electrons. The van der Waals surface area contributed by atoms with Crippen LogP contribution in [0.25, 0.3) is 0 Å². The molecule has 0 radical (unpaired) electrons. The third kappa shape index (κ3) is 2.61. The molecule has 0 aliphatic carbocycles. The highest BCUT2D eigenvalue weighted by Gasteiger charge is 2.07. The highest BCUT2D eigenvalue weighted by Crippen LogP contribution is 2.19. The number of aryl methyl sites for hydroxylation is 1. The van der Waals surface area contributed by atoms with Gasteiger partial charge in [-0.2, -0.15) is 0 Å². The molecule has 13 heavy (non-hydrogen) atoms. The molecule has 1 aromatic carbocycles. The average molecular weight is 174 g/mol. The van der Waals surface area contributed by atoms with E-state index < -0.39 is 6.10 Å². The Balaban J connectivity index is 2.80. The van der Waals surface area contributed by atoms with Gasteiger partial charge >= 0.3 is 0 Å². The van der Waals surface area contributed by atoms with E-state index in [4.69, 9.17) is 0 Å². The molecule has 1 N–H and O–H groups in total. The predicted molar refractivity (Wildman–Crippen MR) is 54.2 cm³/mol. The fourth-order valence-corrected chi connectivity index (χ4v) is 1.27. The maximum Gasteiger partial charge on any atom is 0.0901 e. The molecule has 1 atom stereocenters. The van der Waals surface area contributed by atoms with Gasteiger partial charge < -0.3 is 5.11 Å². The summed E-state index contributed by atoms with van der Waals surface area (Å²) < 4.78 is 0. The Morgan fingerprint density at radius 2 is 2.08 bits per heavy atom. The second kappa shape index (κ2) is 4.69. The van der Waals surface area contributed by atoms with Crippen molar-refractivity contribution in [3.8, 4) is 11.8 Å². The summed E-state index contributed by atoms with van der Waals surface area (Å²) in [6.45, 7) is 3.78. The molecule has 0 heterocycles. The zero-order chi connectivity index (χ0) is 9.68. The third-order valence-corrected chi connectivity index (χ3v) is 2.02. The van der Waals surface area contributed by atoms with Gasteiger partial charge in [0.15, 0.2) is 0 Å². The summed E-state index contributed by atoms with van der Waals surface area (Å²) in [5.74, 6) is 5.65. The maximum absolute atomic E-state index is 9.73. The predicted octanol–water partition coefficient (Wildman–Crippen LogP) is 2.44. The topological polar surface area (TPSA) is 20.2 Å². The fraction of sp³-hybridized carbons (Fsp3) is 0.333.